The van der Waals surface area contributed by atoms with Gasteiger partial charge in [0.2, 0.25) is 0 Å². The van der Waals surface area contributed by atoms with E-state index in [-0.39, 0.29) is 119 Å². The second-order valence-corrected chi connectivity index (χ2v) is 20.9. The van der Waals surface area contributed by atoms with E-state index in [9.17, 15) is 33.6 Å². The molecule has 4 aliphatic carbocycles. The molecule has 0 saturated heterocycles. The summed E-state index contributed by atoms with van der Waals surface area (Å²) >= 11 is 0. The first-order valence-electron chi connectivity index (χ1n) is 27.5. The number of carbonyl (C=O) groups excluding carboxylic acids is 7. The molecule has 0 aromatic carbocycles. The summed E-state index contributed by atoms with van der Waals surface area (Å²) in [4.78, 5) is 100.0. The van der Waals surface area contributed by atoms with Crippen LogP contribution in [0, 0.1) is 47.3 Å². The van der Waals surface area contributed by atoms with E-state index < -0.39 is 24.1 Å². The zero-order chi connectivity index (χ0) is 50.3. The Morgan fingerprint density at radius 3 is 1.04 bits per heavy atom. The molecule has 5 aliphatic rings. The summed E-state index contributed by atoms with van der Waals surface area (Å²) in [6.07, 6.45) is 18.0. The summed E-state index contributed by atoms with van der Waals surface area (Å²) in [5.41, 5.74) is 0. The van der Waals surface area contributed by atoms with Gasteiger partial charge in [-0.15, -0.1) is 0 Å². The van der Waals surface area contributed by atoms with Gasteiger partial charge in [0.1, 0.15) is 26.4 Å². The van der Waals surface area contributed by atoms with Gasteiger partial charge in [0.25, 0.3) is 0 Å². The molecule has 16 heteroatoms. The quantitative estimate of drug-likeness (QED) is 0.0589. The van der Waals surface area contributed by atoms with Crippen molar-refractivity contribution in [2.75, 3.05) is 52.6 Å². The lowest BCUT2D eigenvalue weighted by atomic mass is 9.81. The Morgan fingerprint density at radius 2 is 0.786 bits per heavy atom. The van der Waals surface area contributed by atoms with Crippen molar-refractivity contribution in [2.24, 2.45) is 52.3 Å². The molecule has 396 valence electrons. The minimum Gasteiger partial charge on any atom is -0.461 e. The average molecular weight is 986 g/mol. The number of aliphatic imine (C=N–C) groups is 1. The highest BCUT2D eigenvalue weighted by Gasteiger charge is 2.33. The smallest absolute Gasteiger partial charge is 0.325 e. The second-order valence-electron chi connectivity index (χ2n) is 20.9. The van der Waals surface area contributed by atoms with Crippen molar-refractivity contribution in [2.45, 2.75) is 194 Å². The standard InChI is InChI=1S/C54H87N3O13/c1-5-38-13-21-42(22-14-38)50(60)65-33-46(34-66-51(61)43-23-15-39(6-2)16-24-43)69-48(58)11-9-30-56(54(64)57-32-29-55-37-57)31-10-12-49(59)70-47(35-67-52(62)44-25-17-40(7-3)18-26-44)36-68-53(63)45-27-19-41(8-4)20-28-45/h37-47H,5-36H2,1-4H3. The van der Waals surface area contributed by atoms with Crippen LogP contribution >= 0.6 is 0 Å². The van der Waals surface area contributed by atoms with Gasteiger partial charge in [0.15, 0.2) is 12.2 Å². The summed E-state index contributed by atoms with van der Waals surface area (Å²) in [5, 5.41) is 0. The number of ether oxygens (including phenoxy) is 6. The number of hydrogen-bond donors (Lipinski definition) is 0. The van der Waals surface area contributed by atoms with Gasteiger partial charge < -0.3 is 33.3 Å². The molecule has 0 unspecified atom stereocenters. The number of rotatable bonds is 26. The van der Waals surface area contributed by atoms with Crippen LogP contribution in [0.3, 0.4) is 0 Å². The first-order chi connectivity index (χ1) is 33.9. The summed E-state index contributed by atoms with van der Waals surface area (Å²) in [6, 6.07) is -0.321. The minimum atomic E-state index is -0.985. The molecule has 4 fully saturated rings. The molecule has 0 aromatic rings. The Bertz CT molecular complexity index is 1490. The molecule has 5 rings (SSSR count). The third-order valence-electron chi connectivity index (χ3n) is 16.1. The van der Waals surface area contributed by atoms with Crippen LogP contribution in [0.4, 0.5) is 4.79 Å². The molecule has 0 atom stereocenters. The monoisotopic (exact) mass is 986 g/mol. The maximum atomic E-state index is 13.6. The third kappa shape index (κ3) is 19.1. The van der Waals surface area contributed by atoms with Crippen LogP contribution in [0.15, 0.2) is 4.99 Å². The fraction of sp³-hybridized carbons (Fsp3) is 0.852. The van der Waals surface area contributed by atoms with Crippen molar-refractivity contribution in [1.82, 2.24) is 9.80 Å². The predicted molar refractivity (Wildman–Crippen MR) is 262 cm³/mol. The highest BCUT2D eigenvalue weighted by Crippen LogP contribution is 2.34. The SMILES string of the molecule is CCC1CCC(C(=O)OCC(COC(=O)C2CCC(CC)CC2)OC(=O)CCCN(CCCC(=O)OC(COC(=O)C2CCC(CC)CC2)COC(=O)C2CCC(CC)CC2)C(=O)N2C=NCC2)CC1. The van der Waals surface area contributed by atoms with Gasteiger partial charge >= 0.3 is 41.8 Å². The molecule has 70 heavy (non-hydrogen) atoms. The van der Waals surface area contributed by atoms with Gasteiger partial charge in [-0.05, 0) is 139 Å². The Hall–Kier alpha value is -4.24. The summed E-state index contributed by atoms with van der Waals surface area (Å²) in [6.45, 7) is 8.93. The van der Waals surface area contributed by atoms with E-state index in [1.807, 2.05) is 0 Å². The highest BCUT2D eigenvalue weighted by atomic mass is 16.6. The van der Waals surface area contributed by atoms with E-state index in [4.69, 9.17) is 28.4 Å². The van der Waals surface area contributed by atoms with Crippen molar-refractivity contribution < 1.29 is 62.0 Å². The summed E-state index contributed by atoms with van der Waals surface area (Å²) < 4.78 is 34.3. The Balaban J connectivity index is 1.12. The maximum absolute atomic E-state index is 13.6. The lowest BCUT2D eigenvalue weighted by Gasteiger charge is -2.28. The predicted octanol–water partition coefficient (Wildman–Crippen LogP) is 9.17. The van der Waals surface area contributed by atoms with E-state index >= 15 is 0 Å². The van der Waals surface area contributed by atoms with E-state index in [0.29, 0.717) is 36.8 Å². The van der Waals surface area contributed by atoms with Crippen LogP contribution in [0.25, 0.3) is 0 Å². The molecule has 0 aromatic heterocycles. The topological polar surface area (TPSA) is 194 Å². The number of hydrogen-bond acceptors (Lipinski definition) is 14. The van der Waals surface area contributed by atoms with Gasteiger partial charge in [-0.25, -0.2) is 4.79 Å². The number of esters is 6. The Morgan fingerprint density at radius 1 is 0.486 bits per heavy atom. The van der Waals surface area contributed by atoms with E-state index in [1.54, 1.807) is 4.90 Å². The molecule has 2 amide bonds. The van der Waals surface area contributed by atoms with E-state index in [1.165, 1.54) is 11.2 Å². The normalized spacial score (nSPS) is 26.5. The molecule has 1 heterocycles. The van der Waals surface area contributed by atoms with Gasteiger partial charge in [0.05, 0.1) is 36.6 Å². The van der Waals surface area contributed by atoms with Crippen LogP contribution in [-0.4, -0.2) is 123 Å². The number of nitrogens with zero attached hydrogens (tertiary/aromatic N) is 3. The summed E-state index contributed by atoms with van der Waals surface area (Å²) in [7, 11) is 0. The molecular weight excluding hydrogens is 899 g/mol. The lowest BCUT2D eigenvalue weighted by Crippen LogP contribution is -2.43. The Kier molecular flexibility index (Phi) is 24.8. The van der Waals surface area contributed by atoms with E-state index in [2.05, 4.69) is 32.7 Å². The molecule has 1 aliphatic heterocycles. The van der Waals surface area contributed by atoms with Crippen LogP contribution < -0.4 is 0 Å². The van der Waals surface area contributed by atoms with Gasteiger partial charge in [0, 0.05) is 32.5 Å². The first-order valence-corrected chi connectivity index (χ1v) is 27.5. The van der Waals surface area contributed by atoms with Crippen molar-refractivity contribution in [3.8, 4) is 0 Å². The second kappa shape index (κ2) is 30.6. The van der Waals surface area contributed by atoms with Crippen molar-refractivity contribution in [1.29, 1.82) is 0 Å². The molecule has 0 bridgehead atoms. The largest absolute Gasteiger partial charge is 0.461 e. The van der Waals surface area contributed by atoms with Gasteiger partial charge in [-0.1, -0.05) is 53.4 Å². The van der Waals surface area contributed by atoms with Crippen molar-refractivity contribution in [3.05, 3.63) is 0 Å². The van der Waals surface area contributed by atoms with Crippen molar-refractivity contribution >= 4 is 48.2 Å². The van der Waals surface area contributed by atoms with E-state index in [0.717, 1.165) is 128 Å². The Labute approximate surface area is 417 Å². The van der Waals surface area contributed by atoms with Crippen LogP contribution in [0.5, 0.6) is 0 Å². The van der Waals surface area contributed by atoms with Crippen LogP contribution in [-0.2, 0) is 57.2 Å². The number of urea groups is 1. The highest BCUT2D eigenvalue weighted by molar-refractivity contribution is 5.87. The first kappa shape index (κ1) is 56.7. The van der Waals surface area contributed by atoms with Crippen LogP contribution in [0.2, 0.25) is 0 Å². The molecule has 0 N–H and O–H groups in total. The number of amides is 2. The van der Waals surface area contributed by atoms with Crippen molar-refractivity contribution in [3.63, 3.8) is 0 Å². The molecule has 0 radical (unpaired) electrons. The molecule has 16 nitrogen and oxygen atoms in total. The third-order valence-corrected chi connectivity index (χ3v) is 16.1. The minimum absolute atomic E-state index is 0.0699. The fourth-order valence-corrected chi connectivity index (χ4v) is 11.0. The number of carbonyl (C=O) groups is 7. The molecule has 0 spiro atoms. The lowest BCUT2D eigenvalue weighted by molar-refractivity contribution is -0.170. The fourth-order valence-electron chi connectivity index (χ4n) is 11.0. The summed E-state index contributed by atoms with van der Waals surface area (Å²) in [5.74, 6) is -0.880. The molecular formula is C54H87N3O13. The molecule has 4 saturated carbocycles. The van der Waals surface area contributed by atoms with Gasteiger partial charge in [-0.2, -0.15) is 0 Å². The maximum Gasteiger partial charge on any atom is 0.325 e. The zero-order valence-electron chi connectivity index (χ0n) is 43.1. The average Bonchev–Trinajstić information content (AvgIpc) is 3.95. The zero-order valence-corrected chi connectivity index (χ0v) is 43.1. The van der Waals surface area contributed by atoms with Gasteiger partial charge in [-0.3, -0.25) is 38.7 Å². The van der Waals surface area contributed by atoms with Crippen LogP contribution in [0.1, 0.15) is 182 Å².